The first-order chi connectivity index (χ1) is 15.1. The lowest BCUT2D eigenvalue weighted by atomic mass is 10.0. The first-order valence-electron chi connectivity index (χ1n) is 10.6. The number of amides is 1. The Balaban J connectivity index is 1.36. The van der Waals surface area contributed by atoms with Gasteiger partial charge in [-0.25, -0.2) is 0 Å². The monoisotopic (exact) mass is 414 g/mol. The van der Waals surface area contributed by atoms with Crippen LogP contribution in [0.3, 0.4) is 0 Å². The highest BCUT2D eigenvalue weighted by Gasteiger charge is 2.13. The number of ether oxygens (including phenoxy) is 1. The Morgan fingerprint density at radius 3 is 2.65 bits per heavy atom. The van der Waals surface area contributed by atoms with Crippen LogP contribution >= 0.6 is 0 Å². The summed E-state index contributed by atoms with van der Waals surface area (Å²) in [4.78, 5) is 12.6. The van der Waals surface area contributed by atoms with Crippen LogP contribution in [0.2, 0.25) is 0 Å². The number of carbonyl (C=O) groups is 1. The Morgan fingerprint density at radius 1 is 1.16 bits per heavy atom. The molecule has 0 saturated heterocycles. The molecule has 0 bridgehead atoms. The van der Waals surface area contributed by atoms with Crippen LogP contribution < -0.4 is 10.1 Å². The number of carbonyl (C=O) groups excluding carboxylic acids is 1. The fraction of sp³-hybridized carbons (Fsp3) is 0.308. The van der Waals surface area contributed by atoms with Gasteiger partial charge >= 0.3 is 0 Å². The van der Waals surface area contributed by atoms with Crippen molar-refractivity contribution < 1.29 is 14.1 Å². The van der Waals surface area contributed by atoms with Crippen LogP contribution in [0.4, 0.5) is 0 Å². The number of rotatable bonds is 5. The second-order valence-corrected chi connectivity index (χ2v) is 7.87. The maximum Gasteiger partial charge on any atom is 0.251 e. The predicted molar refractivity (Wildman–Crippen MR) is 120 cm³/mol. The van der Waals surface area contributed by atoms with Crippen LogP contribution in [0.25, 0.3) is 11.3 Å². The third kappa shape index (κ3) is 5.16. The quantitative estimate of drug-likeness (QED) is 0.588. The number of hydrogen-bond acceptors (Lipinski definition) is 4. The summed E-state index contributed by atoms with van der Waals surface area (Å²) in [6, 6.07) is 15.0. The molecule has 1 fully saturated rings. The lowest BCUT2D eigenvalue weighted by Gasteiger charge is -2.05. The molecule has 1 aliphatic carbocycles. The molecule has 2 aromatic carbocycles. The largest absolute Gasteiger partial charge is 0.497 e. The molecule has 1 aliphatic rings. The second-order valence-electron chi connectivity index (χ2n) is 7.87. The molecule has 4 rings (SSSR count). The molecule has 0 spiro atoms. The van der Waals surface area contributed by atoms with Crippen LogP contribution in [0.15, 0.2) is 53.1 Å². The number of nitrogens with one attached hydrogen (secondary N) is 1. The topological polar surface area (TPSA) is 64.4 Å². The van der Waals surface area contributed by atoms with E-state index >= 15 is 0 Å². The number of nitrogens with zero attached hydrogens (tertiary/aromatic N) is 1. The first-order valence-corrected chi connectivity index (χ1v) is 10.6. The zero-order valence-corrected chi connectivity index (χ0v) is 17.9. The molecule has 0 radical (unpaired) electrons. The summed E-state index contributed by atoms with van der Waals surface area (Å²) in [5.41, 5.74) is 4.25. The highest BCUT2D eigenvalue weighted by molar-refractivity contribution is 5.94. The van der Waals surface area contributed by atoms with Crippen molar-refractivity contribution in [1.29, 1.82) is 0 Å². The van der Waals surface area contributed by atoms with Crippen molar-refractivity contribution in [2.75, 3.05) is 7.11 Å². The van der Waals surface area contributed by atoms with Crippen LogP contribution in [0.5, 0.6) is 5.75 Å². The fourth-order valence-electron chi connectivity index (χ4n) is 3.76. The van der Waals surface area contributed by atoms with Gasteiger partial charge in [0.2, 0.25) is 0 Å². The van der Waals surface area contributed by atoms with Crippen LogP contribution in [-0.4, -0.2) is 18.2 Å². The SMILES string of the molecule is COc1ccc(-c2cc(CNC(=O)c3ccc(C#CC4CCCC4)c(C)c3)on2)cc1. The number of methoxy groups -OCH3 is 1. The zero-order valence-electron chi connectivity index (χ0n) is 17.9. The van der Waals surface area contributed by atoms with Crippen molar-refractivity contribution in [3.8, 4) is 28.8 Å². The van der Waals surface area contributed by atoms with Gasteiger partial charge in [-0.1, -0.05) is 29.8 Å². The lowest BCUT2D eigenvalue weighted by molar-refractivity contribution is 0.0947. The maximum atomic E-state index is 12.6. The van der Waals surface area contributed by atoms with E-state index in [4.69, 9.17) is 9.26 Å². The van der Waals surface area contributed by atoms with Crippen molar-refractivity contribution in [3.63, 3.8) is 0 Å². The van der Waals surface area contributed by atoms with Gasteiger partial charge in [0.05, 0.1) is 13.7 Å². The molecule has 1 aromatic heterocycles. The summed E-state index contributed by atoms with van der Waals surface area (Å²) in [6.45, 7) is 2.26. The Kier molecular flexibility index (Phi) is 6.37. The molecule has 1 N–H and O–H groups in total. The van der Waals surface area contributed by atoms with Crippen LogP contribution in [0.1, 0.15) is 52.9 Å². The minimum atomic E-state index is -0.152. The summed E-state index contributed by atoms with van der Waals surface area (Å²) in [5.74, 6) is 8.41. The van der Waals surface area contributed by atoms with Gasteiger partial charge in [-0.15, -0.1) is 0 Å². The zero-order chi connectivity index (χ0) is 21.6. The minimum absolute atomic E-state index is 0.152. The van der Waals surface area contributed by atoms with E-state index in [-0.39, 0.29) is 12.5 Å². The van der Waals surface area contributed by atoms with E-state index in [0.29, 0.717) is 22.9 Å². The molecule has 158 valence electrons. The molecule has 5 nitrogen and oxygen atoms in total. The van der Waals surface area contributed by atoms with Gasteiger partial charge in [0, 0.05) is 28.7 Å². The van der Waals surface area contributed by atoms with Gasteiger partial charge in [-0.05, 0) is 67.8 Å². The average Bonchev–Trinajstić information content (AvgIpc) is 3.49. The van der Waals surface area contributed by atoms with E-state index in [1.807, 2.05) is 55.5 Å². The Hall–Kier alpha value is -3.52. The minimum Gasteiger partial charge on any atom is -0.497 e. The maximum absolute atomic E-state index is 12.6. The molecular weight excluding hydrogens is 388 g/mol. The van der Waals surface area contributed by atoms with Gasteiger partial charge in [-0.2, -0.15) is 0 Å². The molecule has 1 saturated carbocycles. The summed E-state index contributed by atoms with van der Waals surface area (Å²) in [5, 5.41) is 6.98. The molecule has 0 unspecified atom stereocenters. The summed E-state index contributed by atoms with van der Waals surface area (Å²) in [7, 11) is 1.63. The van der Waals surface area contributed by atoms with E-state index in [1.54, 1.807) is 7.11 Å². The van der Waals surface area contributed by atoms with Gasteiger partial charge < -0.3 is 14.6 Å². The molecular formula is C26H26N2O3. The number of hydrogen-bond donors (Lipinski definition) is 1. The summed E-state index contributed by atoms with van der Waals surface area (Å²) >= 11 is 0. The standard InChI is InChI=1S/C26H26N2O3/c1-18-15-22(10-9-20(18)8-7-19-5-3-4-6-19)26(29)27-17-24-16-25(28-31-24)21-11-13-23(30-2)14-12-21/h9-16,19H,3-6,17H2,1-2H3,(H,27,29). The Morgan fingerprint density at radius 2 is 1.94 bits per heavy atom. The number of aromatic nitrogens is 1. The van der Waals surface area contributed by atoms with E-state index in [1.165, 1.54) is 25.7 Å². The summed E-state index contributed by atoms with van der Waals surface area (Å²) in [6.07, 6.45) is 4.97. The van der Waals surface area contributed by atoms with Gasteiger partial charge in [0.25, 0.3) is 5.91 Å². The van der Waals surface area contributed by atoms with E-state index in [9.17, 15) is 4.79 Å². The van der Waals surface area contributed by atoms with Crippen molar-refractivity contribution in [1.82, 2.24) is 10.5 Å². The first kappa shape index (κ1) is 20.7. The van der Waals surface area contributed by atoms with Gasteiger partial charge in [0.1, 0.15) is 11.4 Å². The molecule has 31 heavy (non-hydrogen) atoms. The molecule has 1 heterocycles. The molecule has 5 heteroatoms. The smallest absolute Gasteiger partial charge is 0.251 e. The molecule has 3 aromatic rings. The Bertz CT molecular complexity index is 1110. The molecule has 0 aliphatic heterocycles. The highest BCUT2D eigenvalue weighted by atomic mass is 16.5. The fourth-order valence-corrected chi connectivity index (χ4v) is 3.76. The molecule has 0 atom stereocenters. The van der Waals surface area contributed by atoms with Crippen molar-refractivity contribution >= 4 is 5.91 Å². The highest BCUT2D eigenvalue weighted by Crippen LogP contribution is 2.24. The second kappa shape index (κ2) is 9.53. The lowest BCUT2D eigenvalue weighted by Crippen LogP contribution is -2.22. The third-order valence-corrected chi connectivity index (χ3v) is 5.62. The van der Waals surface area contributed by atoms with Gasteiger partial charge in [-0.3, -0.25) is 4.79 Å². The third-order valence-electron chi connectivity index (χ3n) is 5.62. The van der Waals surface area contributed by atoms with Crippen LogP contribution in [-0.2, 0) is 6.54 Å². The van der Waals surface area contributed by atoms with Crippen molar-refractivity contribution in [2.24, 2.45) is 5.92 Å². The average molecular weight is 415 g/mol. The van der Waals surface area contributed by atoms with E-state index in [2.05, 4.69) is 22.3 Å². The van der Waals surface area contributed by atoms with Crippen molar-refractivity contribution in [3.05, 3.63) is 71.0 Å². The normalized spacial score (nSPS) is 13.5. The van der Waals surface area contributed by atoms with E-state index < -0.39 is 0 Å². The van der Waals surface area contributed by atoms with Gasteiger partial charge in [0.15, 0.2) is 5.76 Å². The van der Waals surface area contributed by atoms with E-state index in [0.717, 1.165) is 22.4 Å². The number of benzene rings is 2. The summed E-state index contributed by atoms with van der Waals surface area (Å²) < 4.78 is 10.5. The van der Waals surface area contributed by atoms with Crippen LogP contribution in [0, 0.1) is 24.7 Å². The van der Waals surface area contributed by atoms with Crippen molar-refractivity contribution in [2.45, 2.75) is 39.2 Å². The Labute approximate surface area is 182 Å². The predicted octanol–water partition coefficient (Wildman–Crippen LogP) is 5.13. The number of aryl methyl sites for hydroxylation is 1. The molecule has 1 amide bonds.